The number of rotatable bonds is 8. The molecule has 1 rings (SSSR count). The first-order chi connectivity index (χ1) is 9.08. The van der Waals surface area contributed by atoms with Crippen LogP contribution in [0.5, 0.6) is 5.75 Å². The molecule has 0 bridgehead atoms. The molecule has 4 nitrogen and oxygen atoms in total. The third-order valence-corrected chi connectivity index (χ3v) is 4.53. The normalized spacial score (nSPS) is 10.2. The molecule has 19 heavy (non-hydrogen) atoms. The van der Waals surface area contributed by atoms with Crippen LogP contribution in [0.1, 0.15) is 18.4 Å². The van der Waals surface area contributed by atoms with Crippen molar-refractivity contribution < 1.29 is 19.4 Å². The Hall–Kier alpha value is -1.14. The summed E-state index contributed by atoms with van der Waals surface area (Å²) < 4.78 is 5.16. The first-order valence-electron chi connectivity index (χ1n) is 5.81. The molecule has 0 amide bonds. The van der Waals surface area contributed by atoms with Crippen LogP contribution >= 0.6 is 21.6 Å². The molecule has 1 aromatic rings. The summed E-state index contributed by atoms with van der Waals surface area (Å²) in [6.45, 7) is 1.97. The van der Waals surface area contributed by atoms with Gasteiger partial charge in [-0.05, 0) is 19.1 Å². The number of carbonyl (C=O) groups is 2. The van der Waals surface area contributed by atoms with Crippen LogP contribution in [0.3, 0.4) is 0 Å². The zero-order chi connectivity index (χ0) is 14.1. The smallest absolute Gasteiger partial charge is 0.312 e. The lowest BCUT2D eigenvalue weighted by molar-refractivity contribution is -0.136. The summed E-state index contributed by atoms with van der Waals surface area (Å²) in [5.74, 6) is 0.656. The van der Waals surface area contributed by atoms with Crippen molar-refractivity contribution in [1.82, 2.24) is 0 Å². The Morgan fingerprint density at radius 3 is 2.26 bits per heavy atom. The Bertz CT molecular complexity index is 417. The number of aliphatic carboxylic acids is 1. The first kappa shape index (κ1) is 15.9. The fourth-order valence-corrected chi connectivity index (χ4v) is 3.11. The lowest BCUT2D eigenvalue weighted by Crippen LogP contribution is -2.08. The van der Waals surface area contributed by atoms with Crippen LogP contribution in [0, 0.1) is 6.92 Å². The quantitative estimate of drug-likeness (QED) is 0.344. The minimum Gasteiger partial charge on any atom is -0.481 e. The minimum atomic E-state index is -0.799. The van der Waals surface area contributed by atoms with Crippen molar-refractivity contribution in [3.63, 3.8) is 0 Å². The second-order valence-electron chi connectivity index (χ2n) is 3.82. The van der Waals surface area contributed by atoms with E-state index in [1.165, 1.54) is 21.6 Å². The molecular weight excluding hydrogens is 284 g/mol. The van der Waals surface area contributed by atoms with Crippen LogP contribution < -0.4 is 4.74 Å². The molecule has 0 aliphatic rings. The predicted molar refractivity (Wildman–Crippen MR) is 78.6 cm³/mol. The van der Waals surface area contributed by atoms with E-state index in [1.54, 1.807) is 12.1 Å². The summed E-state index contributed by atoms with van der Waals surface area (Å²) in [7, 11) is 2.95. The molecule has 0 saturated heterocycles. The second kappa shape index (κ2) is 8.87. The topological polar surface area (TPSA) is 63.6 Å². The van der Waals surface area contributed by atoms with Crippen molar-refractivity contribution in [3.05, 3.63) is 29.8 Å². The average molecular weight is 300 g/mol. The Balaban J connectivity index is 2.11. The molecule has 0 aliphatic carbocycles. The van der Waals surface area contributed by atoms with Gasteiger partial charge in [0.05, 0.1) is 12.8 Å². The molecule has 1 N–H and O–H groups in total. The first-order valence-corrected chi connectivity index (χ1v) is 8.30. The van der Waals surface area contributed by atoms with Gasteiger partial charge in [-0.1, -0.05) is 39.3 Å². The summed E-state index contributed by atoms with van der Waals surface area (Å²) in [6, 6.07) is 7.31. The Kier molecular flexibility index (Phi) is 7.43. The van der Waals surface area contributed by atoms with E-state index in [0.717, 1.165) is 5.56 Å². The van der Waals surface area contributed by atoms with E-state index in [1.807, 2.05) is 19.1 Å². The Morgan fingerprint density at radius 2 is 1.68 bits per heavy atom. The van der Waals surface area contributed by atoms with Gasteiger partial charge in [0.15, 0.2) is 0 Å². The number of hydrogen-bond acceptors (Lipinski definition) is 5. The molecule has 0 spiro atoms. The highest BCUT2D eigenvalue weighted by atomic mass is 33.1. The van der Waals surface area contributed by atoms with Gasteiger partial charge < -0.3 is 9.84 Å². The van der Waals surface area contributed by atoms with Gasteiger partial charge in [0.25, 0.3) is 0 Å². The van der Waals surface area contributed by atoms with Crippen molar-refractivity contribution in [2.45, 2.75) is 19.8 Å². The summed E-state index contributed by atoms with van der Waals surface area (Å²) in [4.78, 5) is 21.8. The number of carbonyl (C=O) groups excluding carboxylic acids is 1. The van der Waals surface area contributed by atoms with E-state index < -0.39 is 5.97 Å². The van der Waals surface area contributed by atoms with E-state index in [2.05, 4.69) is 0 Å². The van der Waals surface area contributed by atoms with E-state index in [0.29, 0.717) is 23.7 Å². The zero-order valence-electron chi connectivity index (χ0n) is 10.6. The van der Waals surface area contributed by atoms with Gasteiger partial charge >= 0.3 is 11.9 Å². The number of hydrogen-bond donors (Lipinski definition) is 1. The highest BCUT2D eigenvalue weighted by Crippen LogP contribution is 2.23. The third-order valence-electron chi connectivity index (χ3n) is 2.12. The minimum absolute atomic E-state index is 0.144. The molecule has 0 aromatic heterocycles. The molecule has 0 fully saturated rings. The number of carboxylic acids is 1. The van der Waals surface area contributed by atoms with Crippen molar-refractivity contribution in [3.8, 4) is 5.75 Å². The highest BCUT2D eigenvalue weighted by Gasteiger charge is 2.05. The van der Waals surface area contributed by atoms with Crippen LogP contribution in [0.2, 0.25) is 0 Å². The van der Waals surface area contributed by atoms with Crippen LogP contribution in [0.15, 0.2) is 24.3 Å². The van der Waals surface area contributed by atoms with Gasteiger partial charge in [-0.2, -0.15) is 0 Å². The molecule has 6 heteroatoms. The van der Waals surface area contributed by atoms with Crippen molar-refractivity contribution >= 4 is 33.5 Å². The Morgan fingerprint density at radius 1 is 1.11 bits per heavy atom. The van der Waals surface area contributed by atoms with Gasteiger partial charge in [-0.25, -0.2) is 0 Å². The zero-order valence-corrected chi connectivity index (χ0v) is 12.3. The standard InChI is InChI=1S/C13H16O4S2/c1-10-2-4-11(5-3-10)17-13(16)7-9-19-18-8-6-12(14)15/h2-5H,6-9H2,1H3,(H,14,15). The Labute approximate surface area is 120 Å². The molecule has 1 aromatic carbocycles. The second-order valence-corrected chi connectivity index (χ2v) is 6.53. The van der Waals surface area contributed by atoms with Crippen molar-refractivity contribution in [1.29, 1.82) is 0 Å². The van der Waals surface area contributed by atoms with Gasteiger partial charge in [0, 0.05) is 11.5 Å². The van der Waals surface area contributed by atoms with E-state index >= 15 is 0 Å². The van der Waals surface area contributed by atoms with Crippen LogP contribution in [0.25, 0.3) is 0 Å². The maximum Gasteiger partial charge on any atom is 0.312 e. The molecule has 0 unspecified atom stereocenters. The van der Waals surface area contributed by atoms with Gasteiger partial charge in [0.1, 0.15) is 5.75 Å². The van der Waals surface area contributed by atoms with Gasteiger partial charge in [-0.15, -0.1) is 0 Å². The van der Waals surface area contributed by atoms with Crippen molar-refractivity contribution in [2.24, 2.45) is 0 Å². The number of carboxylic acid groups (broad SMARTS) is 1. The summed E-state index contributed by atoms with van der Waals surface area (Å²) in [6.07, 6.45) is 0.462. The fraction of sp³-hybridized carbons (Fsp3) is 0.385. The molecule has 0 heterocycles. The molecule has 104 valence electrons. The molecule has 0 saturated carbocycles. The largest absolute Gasteiger partial charge is 0.481 e. The monoisotopic (exact) mass is 300 g/mol. The number of benzene rings is 1. The fourth-order valence-electron chi connectivity index (χ4n) is 1.16. The lowest BCUT2D eigenvalue weighted by Gasteiger charge is -2.04. The molecule has 0 atom stereocenters. The predicted octanol–water partition coefficient (Wildman–Crippen LogP) is 3.15. The molecule has 0 aliphatic heterocycles. The lowest BCUT2D eigenvalue weighted by atomic mass is 10.2. The highest BCUT2D eigenvalue weighted by molar-refractivity contribution is 8.76. The van der Waals surface area contributed by atoms with Crippen LogP contribution in [-0.4, -0.2) is 28.6 Å². The van der Waals surface area contributed by atoms with Gasteiger partial charge in [0.2, 0.25) is 0 Å². The molecular formula is C13H16O4S2. The summed E-state index contributed by atoms with van der Waals surface area (Å²) in [5, 5.41) is 8.45. The van der Waals surface area contributed by atoms with Crippen molar-refractivity contribution in [2.75, 3.05) is 11.5 Å². The van der Waals surface area contributed by atoms with Gasteiger partial charge in [-0.3, -0.25) is 9.59 Å². The van der Waals surface area contributed by atoms with E-state index in [-0.39, 0.29) is 12.4 Å². The van der Waals surface area contributed by atoms with E-state index in [9.17, 15) is 9.59 Å². The van der Waals surface area contributed by atoms with Crippen LogP contribution in [-0.2, 0) is 9.59 Å². The molecule has 0 radical (unpaired) electrons. The maximum atomic E-state index is 11.5. The third kappa shape index (κ3) is 7.79. The van der Waals surface area contributed by atoms with Crippen LogP contribution in [0.4, 0.5) is 0 Å². The number of ether oxygens (including phenoxy) is 1. The van der Waals surface area contributed by atoms with E-state index in [4.69, 9.17) is 9.84 Å². The number of esters is 1. The summed E-state index contributed by atoms with van der Waals surface area (Å²) >= 11 is 0. The maximum absolute atomic E-state index is 11.5. The number of aryl methyl sites for hydroxylation is 1. The average Bonchev–Trinajstić information content (AvgIpc) is 2.36. The summed E-state index contributed by atoms with van der Waals surface area (Å²) in [5.41, 5.74) is 1.12. The SMILES string of the molecule is Cc1ccc(OC(=O)CCSSCCC(=O)O)cc1.